The van der Waals surface area contributed by atoms with Gasteiger partial charge in [-0.3, -0.25) is 4.79 Å². The Bertz CT molecular complexity index is 1210. The Morgan fingerprint density at radius 2 is 1.97 bits per heavy atom. The van der Waals surface area contributed by atoms with Crippen LogP contribution in [0, 0.1) is 18.7 Å². The summed E-state index contributed by atoms with van der Waals surface area (Å²) in [4.78, 5) is 27.9. The van der Waals surface area contributed by atoms with Gasteiger partial charge >= 0.3 is 11.9 Å². The van der Waals surface area contributed by atoms with Crippen molar-refractivity contribution in [3.63, 3.8) is 0 Å². The van der Waals surface area contributed by atoms with E-state index in [1.54, 1.807) is 43.3 Å². The Labute approximate surface area is 191 Å². The summed E-state index contributed by atoms with van der Waals surface area (Å²) in [5.41, 5.74) is 2.76. The zero-order valence-corrected chi connectivity index (χ0v) is 18.4. The summed E-state index contributed by atoms with van der Waals surface area (Å²) in [6.07, 6.45) is 3.17. The molecule has 2 aromatic carbocycles. The van der Waals surface area contributed by atoms with Crippen LogP contribution in [-0.4, -0.2) is 29.1 Å². The van der Waals surface area contributed by atoms with Crippen molar-refractivity contribution < 1.29 is 28.6 Å². The number of methoxy groups -OCH3 is 1. The quantitative estimate of drug-likeness (QED) is 0.366. The molecule has 0 spiro atoms. The number of ether oxygens (including phenoxy) is 2. The fraction of sp³-hybridized carbons (Fsp3) is 0.269. The van der Waals surface area contributed by atoms with Crippen molar-refractivity contribution >= 4 is 11.9 Å². The summed E-state index contributed by atoms with van der Waals surface area (Å²) in [7, 11) is 1.46. The monoisotopic (exact) mass is 449 g/mol. The smallest absolute Gasteiger partial charge is 0.343 e. The third kappa shape index (κ3) is 5.19. The molecule has 1 heterocycles. The number of nitrogens with zero attached hydrogens (tertiary/aromatic N) is 1. The van der Waals surface area contributed by atoms with E-state index in [1.807, 2.05) is 6.07 Å². The van der Waals surface area contributed by atoms with Gasteiger partial charge in [0.05, 0.1) is 25.3 Å². The van der Waals surface area contributed by atoms with Gasteiger partial charge in [0, 0.05) is 11.6 Å². The number of aromatic nitrogens is 1. The highest BCUT2D eigenvalue weighted by molar-refractivity contribution is 5.93. The lowest BCUT2D eigenvalue weighted by atomic mass is 9.91. The molecule has 6 nitrogen and oxygen atoms in total. The second-order valence-electron chi connectivity index (χ2n) is 8.24. The number of pyridine rings is 1. The maximum atomic E-state index is 14.3. The van der Waals surface area contributed by atoms with E-state index in [1.165, 1.54) is 13.2 Å². The minimum absolute atomic E-state index is 0.0546. The number of benzene rings is 2. The van der Waals surface area contributed by atoms with E-state index in [0.29, 0.717) is 39.8 Å². The van der Waals surface area contributed by atoms with Crippen LogP contribution in [-0.2, 0) is 4.79 Å². The molecule has 1 atom stereocenters. The van der Waals surface area contributed by atoms with E-state index in [9.17, 15) is 19.1 Å². The third-order valence-corrected chi connectivity index (χ3v) is 5.88. The summed E-state index contributed by atoms with van der Waals surface area (Å²) in [5.74, 6) is -0.947. The van der Waals surface area contributed by atoms with Crippen molar-refractivity contribution in [2.24, 2.45) is 5.92 Å². The first-order valence-corrected chi connectivity index (χ1v) is 10.7. The molecule has 1 fully saturated rings. The average molecular weight is 449 g/mol. The van der Waals surface area contributed by atoms with Gasteiger partial charge in [-0.05, 0) is 66.5 Å². The van der Waals surface area contributed by atoms with Crippen LogP contribution in [0.4, 0.5) is 4.39 Å². The summed E-state index contributed by atoms with van der Waals surface area (Å²) in [5, 5.41) is 9.25. The number of carbonyl (C=O) groups is 2. The third-order valence-electron chi connectivity index (χ3n) is 5.88. The van der Waals surface area contributed by atoms with Gasteiger partial charge in [0.25, 0.3) is 0 Å². The molecule has 4 rings (SSSR count). The Morgan fingerprint density at radius 1 is 1.18 bits per heavy atom. The maximum absolute atomic E-state index is 14.3. The SMILES string of the molecule is COc1cc(-c2ccc(C(=O)Oc3cccc(C(CC(=O)O)C4CC4)c3)c(C)c2)c(F)cn1. The number of carbonyl (C=O) groups excluding carboxylic acids is 1. The fourth-order valence-corrected chi connectivity index (χ4v) is 4.03. The molecule has 1 aromatic heterocycles. The molecule has 0 radical (unpaired) electrons. The lowest BCUT2D eigenvalue weighted by Crippen LogP contribution is -2.12. The van der Waals surface area contributed by atoms with E-state index in [0.717, 1.165) is 24.6 Å². The molecule has 1 unspecified atom stereocenters. The zero-order chi connectivity index (χ0) is 23.5. The second-order valence-corrected chi connectivity index (χ2v) is 8.24. The van der Waals surface area contributed by atoms with E-state index < -0.39 is 17.8 Å². The Balaban J connectivity index is 1.54. The van der Waals surface area contributed by atoms with Gasteiger partial charge in [0.2, 0.25) is 5.88 Å². The van der Waals surface area contributed by atoms with E-state index >= 15 is 0 Å². The molecular weight excluding hydrogens is 425 g/mol. The Kier molecular flexibility index (Phi) is 6.40. The summed E-state index contributed by atoms with van der Waals surface area (Å²) in [6.45, 7) is 1.75. The predicted octanol–water partition coefficient (Wildman–Crippen LogP) is 5.39. The maximum Gasteiger partial charge on any atom is 0.343 e. The first-order valence-electron chi connectivity index (χ1n) is 10.7. The number of rotatable bonds is 8. The van der Waals surface area contributed by atoms with Crippen LogP contribution < -0.4 is 9.47 Å². The molecule has 1 aliphatic rings. The highest BCUT2D eigenvalue weighted by Gasteiger charge is 2.34. The molecule has 33 heavy (non-hydrogen) atoms. The fourth-order valence-electron chi connectivity index (χ4n) is 4.03. The van der Waals surface area contributed by atoms with E-state index in [4.69, 9.17) is 9.47 Å². The molecule has 3 aromatic rings. The Morgan fingerprint density at radius 3 is 2.64 bits per heavy atom. The summed E-state index contributed by atoms with van der Waals surface area (Å²) >= 11 is 0. The van der Waals surface area contributed by atoms with Crippen molar-refractivity contribution in [1.29, 1.82) is 0 Å². The number of carboxylic acid groups (broad SMARTS) is 1. The zero-order valence-electron chi connectivity index (χ0n) is 18.4. The topological polar surface area (TPSA) is 85.7 Å². The average Bonchev–Trinajstić information content (AvgIpc) is 3.63. The van der Waals surface area contributed by atoms with E-state index in [2.05, 4.69) is 4.98 Å². The van der Waals surface area contributed by atoms with Crippen LogP contribution in [0.3, 0.4) is 0 Å². The standard InChI is InChI=1S/C26H24FNO5/c1-15-10-18(22-12-24(32-2)28-14-23(22)27)8-9-20(15)26(31)33-19-5-3-4-17(11-19)21(13-25(29)30)16-6-7-16/h3-5,8-12,14,16,21H,6-7,13H2,1-2H3,(H,29,30). The molecule has 0 bridgehead atoms. The largest absolute Gasteiger partial charge is 0.481 e. The van der Waals surface area contributed by atoms with Crippen molar-refractivity contribution in [2.45, 2.75) is 32.1 Å². The van der Waals surface area contributed by atoms with Crippen LogP contribution >= 0.6 is 0 Å². The lowest BCUT2D eigenvalue weighted by Gasteiger charge is -2.16. The van der Waals surface area contributed by atoms with Crippen LogP contribution in [0.25, 0.3) is 11.1 Å². The number of aliphatic carboxylic acids is 1. The Hall–Kier alpha value is -3.74. The van der Waals surface area contributed by atoms with Crippen molar-refractivity contribution in [2.75, 3.05) is 7.11 Å². The van der Waals surface area contributed by atoms with Gasteiger partial charge in [-0.25, -0.2) is 14.2 Å². The van der Waals surface area contributed by atoms with Gasteiger partial charge in [0.15, 0.2) is 0 Å². The van der Waals surface area contributed by atoms with Crippen molar-refractivity contribution in [3.05, 3.63) is 77.2 Å². The number of esters is 1. The highest BCUT2D eigenvalue weighted by atomic mass is 19.1. The van der Waals surface area contributed by atoms with Crippen molar-refractivity contribution in [1.82, 2.24) is 4.98 Å². The summed E-state index contributed by atoms with van der Waals surface area (Å²) < 4.78 is 24.9. The van der Waals surface area contributed by atoms with Crippen LogP contribution in [0.15, 0.2) is 54.7 Å². The van der Waals surface area contributed by atoms with Gasteiger partial charge in [-0.1, -0.05) is 24.3 Å². The molecule has 170 valence electrons. The number of hydrogen-bond acceptors (Lipinski definition) is 5. The van der Waals surface area contributed by atoms with Gasteiger partial charge in [-0.15, -0.1) is 0 Å². The molecule has 1 saturated carbocycles. The van der Waals surface area contributed by atoms with E-state index in [-0.39, 0.29) is 12.3 Å². The number of aryl methyl sites for hydroxylation is 1. The molecule has 1 N–H and O–H groups in total. The van der Waals surface area contributed by atoms with Gasteiger partial charge in [-0.2, -0.15) is 0 Å². The first-order chi connectivity index (χ1) is 15.9. The van der Waals surface area contributed by atoms with Crippen LogP contribution in [0.5, 0.6) is 11.6 Å². The molecule has 0 amide bonds. The van der Waals surface area contributed by atoms with Gasteiger partial charge in [0.1, 0.15) is 11.6 Å². The van der Waals surface area contributed by atoms with Crippen LogP contribution in [0.1, 0.15) is 46.7 Å². The minimum atomic E-state index is -0.840. The second kappa shape index (κ2) is 9.40. The molecule has 1 aliphatic carbocycles. The first kappa shape index (κ1) is 22.5. The minimum Gasteiger partial charge on any atom is -0.481 e. The number of halogens is 1. The predicted molar refractivity (Wildman–Crippen MR) is 120 cm³/mol. The van der Waals surface area contributed by atoms with Gasteiger partial charge < -0.3 is 14.6 Å². The van der Waals surface area contributed by atoms with Crippen LogP contribution in [0.2, 0.25) is 0 Å². The normalized spacial score (nSPS) is 13.9. The molecular formula is C26H24FNO5. The number of hydrogen-bond donors (Lipinski definition) is 1. The van der Waals surface area contributed by atoms with Crippen molar-refractivity contribution in [3.8, 4) is 22.8 Å². The molecule has 7 heteroatoms. The lowest BCUT2D eigenvalue weighted by molar-refractivity contribution is -0.137. The molecule has 0 aliphatic heterocycles. The highest BCUT2D eigenvalue weighted by Crippen LogP contribution is 2.45. The molecule has 0 saturated heterocycles. The summed E-state index contributed by atoms with van der Waals surface area (Å²) in [6, 6.07) is 13.5. The number of carboxylic acids is 1.